The Kier molecular flexibility index (Phi) is 3.96. The Morgan fingerprint density at radius 2 is 1.88 bits per heavy atom. The van der Waals surface area contributed by atoms with Gasteiger partial charge in [0.25, 0.3) is 6.43 Å². The van der Waals surface area contributed by atoms with E-state index in [-0.39, 0.29) is 6.20 Å². The molecule has 0 radical (unpaired) electrons. The van der Waals surface area contributed by atoms with Gasteiger partial charge in [0.15, 0.2) is 0 Å². The smallest absolute Gasteiger partial charge is 0.254 e. The minimum atomic E-state index is -4.74. The third-order valence-electron chi connectivity index (χ3n) is 1.79. The van der Waals surface area contributed by atoms with E-state index in [1.54, 1.807) is 0 Å². The summed E-state index contributed by atoms with van der Waals surface area (Å²) in [7, 11) is 0. The van der Waals surface area contributed by atoms with Crippen molar-refractivity contribution in [3.05, 3.63) is 28.0 Å². The second kappa shape index (κ2) is 4.71. The molecular formula is C8H4Cl2F5N. The molecule has 0 saturated carbocycles. The number of halogens is 7. The summed E-state index contributed by atoms with van der Waals surface area (Å²) < 4.78 is 61.8. The Labute approximate surface area is 97.2 Å². The zero-order valence-corrected chi connectivity index (χ0v) is 8.97. The van der Waals surface area contributed by atoms with Crippen LogP contribution >= 0.6 is 23.2 Å². The third-order valence-corrected chi connectivity index (χ3v) is 2.49. The van der Waals surface area contributed by atoms with Gasteiger partial charge in [-0.15, -0.1) is 11.6 Å². The topological polar surface area (TPSA) is 12.9 Å². The van der Waals surface area contributed by atoms with E-state index in [4.69, 9.17) is 23.2 Å². The fraction of sp³-hybridized carbons (Fsp3) is 0.375. The lowest BCUT2D eigenvalue weighted by atomic mass is 10.1. The Hall–Kier alpha value is -0.620. The molecule has 0 aromatic carbocycles. The van der Waals surface area contributed by atoms with Crippen LogP contribution in [0.3, 0.4) is 0 Å². The van der Waals surface area contributed by atoms with Gasteiger partial charge in [0.1, 0.15) is 5.69 Å². The van der Waals surface area contributed by atoms with Gasteiger partial charge >= 0.3 is 6.18 Å². The second-order valence-electron chi connectivity index (χ2n) is 2.78. The maximum absolute atomic E-state index is 12.4. The number of pyridine rings is 1. The van der Waals surface area contributed by atoms with Gasteiger partial charge < -0.3 is 0 Å². The van der Waals surface area contributed by atoms with Gasteiger partial charge in [-0.25, -0.2) is 8.78 Å². The number of rotatable bonds is 2. The van der Waals surface area contributed by atoms with E-state index in [2.05, 4.69) is 4.98 Å². The molecule has 16 heavy (non-hydrogen) atoms. The van der Waals surface area contributed by atoms with E-state index in [0.29, 0.717) is 0 Å². The first-order valence-corrected chi connectivity index (χ1v) is 4.78. The maximum atomic E-state index is 12.4. The predicted octanol–water partition coefficient (Wildman–Crippen LogP) is 4.43. The van der Waals surface area contributed by atoms with Gasteiger partial charge in [0, 0.05) is 11.8 Å². The van der Waals surface area contributed by atoms with Crippen LogP contribution in [0.4, 0.5) is 22.0 Å². The van der Waals surface area contributed by atoms with Gasteiger partial charge in [0.2, 0.25) is 0 Å². The van der Waals surface area contributed by atoms with Crippen LogP contribution in [0.5, 0.6) is 0 Å². The zero-order valence-electron chi connectivity index (χ0n) is 7.45. The standard InChI is InChI=1S/C8H4Cl2F5N/c9-1-3-5(10)4(8(13,14)15)2-16-6(3)7(11)12/h2,7H,1H2. The lowest BCUT2D eigenvalue weighted by Gasteiger charge is -2.13. The number of hydrogen-bond donors (Lipinski definition) is 0. The van der Waals surface area contributed by atoms with E-state index < -0.39 is 40.3 Å². The predicted molar refractivity (Wildman–Crippen MR) is 48.8 cm³/mol. The average molecular weight is 280 g/mol. The van der Waals surface area contributed by atoms with Crippen LogP contribution in [-0.2, 0) is 12.1 Å². The second-order valence-corrected chi connectivity index (χ2v) is 3.43. The van der Waals surface area contributed by atoms with Crippen LogP contribution in [0, 0.1) is 0 Å². The molecule has 90 valence electrons. The van der Waals surface area contributed by atoms with Crippen molar-refractivity contribution in [2.75, 3.05) is 0 Å². The van der Waals surface area contributed by atoms with Crippen LogP contribution < -0.4 is 0 Å². The summed E-state index contributed by atoms with van der Waals surface area (Å²) in [6.45, 7) is 0. The van der Waals surface area contributed by atoms with E-state index in [1.807, 2.05) is 0 Å². The Balaban J connectivity index is 3.41. The molecule has 1 aromatic heterocycles. The van der Waals surface area contributed by atoms with Gasteiger partial charge in [-0.1, -0.05) is 11.6 Å². The summed E-state index contributed by atoms with van der Waals surface area (Å²) in [5, 5.41) is -0.826. The average Bonchev–Trinajstić information content (AvgIpc) is 2.14. The van der Waals surface area contributed by atoms with Crippen molar-refractivity contribution in [2.24, 2.45) is 0 Å². The van der Waals surface area contributed by atoms with Crippen LogP contribution in [0.2, 0.25) is 5.02 Å². The molecule has 0 unspecified atom stereocenters. The Morgan fingerprint density at radius 1 is 1.31 bits per heavy atom. The maximum Gasteiger partial charge on any atom is 0.419 e. The minimum absolute atomic E-state index is 0.278. The van der Waals surface area contributed by atoms with Crippen molar-refractivity contribution >= 4 is 23.2 Å². The molecule has 0 atom stereocenters. The van der Waals surface area contributed by atoms with Crippen molar-refractivity contribution in [1.29, 1.82) is 0 Å². The van der Waals surface area contributed by atoms with Gasteiger partial charge in [-0.3, -0.25) is 4.98 Å². The monoisotopic (exact) mass is 279 g/mol. The molecule has 0 spiro atoms. The largest absolute Gasteiger partial charge is 0.419 e. The molecule has 0 amide bonds. The Morgan fingerprint density at radius 3 is 2.25 bits per heavy atom. The molecular weight excluding hydrogens is 276 g/mol. The summed E-state index contributed by atoms with van der Waals surface area (Å²) in [6.07, 6.45) is -7.49. The van der Waals surface area contributed by atoms with Gasteiger partial charge in [-0.2, -0.15) is 13.2 Å². The first kappa shape index (κ1) is 13.4. The highest BCUT2D eigenvalue weighted by molar-refractivity contribution is 6.33. The molecule has 0 N–H and O–H groups in total. The molecule has 0 saturated heterocycles. The first-order chi connectivity index (χ1) is 7.29. The zero-order chi connectivity index (χ0) is 12.5. The van der Waals surface area contributed by atoms with Crippen molar-refractivity contribution < 1.29 is 22.0 Å². The molecule has 0 bridgehead atoms. The summed E-state index contributed by atoms with van der Waals surface area (Å²) >= 11 is 10.6. The molecule has 0 aliphatic rings. The molecule has 1 rings (SSSR count). The molecule has 8 heteroatoms. The Bertz CT molecular complexity index is 391. The summed E-state index contributed by atoms with van der Waals surface area (Å²) in [4.78, 5) is 3.04. The number of nitrogens with zero attached hydrogens (tertiary/aromatic N) is 1. The lowest BCUT2D eigenvalue weighted by Crippen LogP contribution is -2.10. The highest BCUT2D eigenvalue weighted by atomic mass is 35.5. The van der Waals surface area contributed by atoms with Crippen LogP contribution in [0.15, 0.2) is 6.20 Å². The van der Waals surface area contributed by atoms with E-state index in [9.17, 15) is 22.0 Å². The minimum Gasteiger partial charge on any atom is -0.254 e. The fourth-order valence-corrected chi connectivity index (χ4v) is 1.71. The van der Waals surface area contributed by atoms with E-state index in [1.165, 1.54) is 0 Å². The van der Waals surface area contributed by atoms with Crippen LogP contribution in [0.25, 0.3) is 0 Å². The third kappa shape index (κ3) is 2.55. The normalized spacial score (nSPS) is 12.2. The molecule has 1 aromatic rings. The molecule has 1 nitrogen and oxygen atoms in total. The van der Waals surface area contributed by atoms with Crippen molar-refractivity contribution in [2.45, 2.75) is 18.5 Å². The van der Waals surface area contributed by atoms with Crippen molar-refractivity contribution in [3.8, 4) is 0 Å². The highest BCUT2D eigenvalue weighted by Gasteiger charge is 2.36. The number of alkyl halides is 6. The van der Waals surface area contributed by atoms with Gasteiger partial charge in [-0.05, 0) is 0 Å². The van der Waals surface area contributed by atoms with Gasteiger partial charge in [0.05, 0.1) is 16.5 Å². The molecule has 0 aliphatic heterocycles. The van der Waals surface area contributed by atoms with Crippen LogP contribution in [-0.4, -0.2) is 4.98 Å². The first-order valence-electron chi connectivity index (χ1n) is 3.87. The lowest BCUT2D eigenvalue weighted by molar-refractivity contribution is -0.137. The number of hydrogen-bond acceptors (Lipinski definition) is 1. The molecule has 1 heterocycles. The van der Waals surface area contributed by atoms with Crippen molar-refractivity contribution in [3.63, 3.8) is 0 Å². The van der Waals surface area contributed by atoms with E-state index >= 15 is 0 Å². The van der Waals surface area contributed by atoms with Crippen molar-refractivity contribution in [1.82, 2.24) is 4.98 Å². The summed E-state index contributed by atoms with van der Waals surface area (Å²) in [5.41, 5.74) is -2.59. The van der Waals surface area contributed by atoms with Crippen LogP contribution in [0.1, 0.15) is 23.2 Å². The van der Waals surface area contributed by atoms with E-state index in [0.717, 1.165) is 0 Å². The number of aromatic nitrogens is 1. The molecule has 0 fully saturated rings. The summed E-state index contributed by atoms with van der Waals surface area (Å²) in [5.74, 6) is -0.560. The molecule has 0 aliphatic carbocycles. The quantitative estimate of drug-likeness (QED) is 0.576. The highest BCUT2D eigenvalue weighted by Crippen LogP contribution is 2.38. The fourth-order valence-electron chi connectivity index (χ4n) is 1.06. The SMILES string of the molecule is FC(F)c1ncc(C(F)(F)F)c(Cl)c1CCl. The summed E-state index contributed by atoms with van der Waals surface area (Å²) in [6, 6.07) is 0.